The number of thiazole rings is 1. The van der Waals surface area contributed by atoms with Crippen molar-refractivity contribution < 1.29 is 14.6 Å². The van der Waals surface area contributed by atoms with Gasteiger partial charge in [-0.05, 0) is 37.1 Å². The maximum Gasteiger partial charge on any atom is 0.270 e. The Bertz CT molecular complexity index is 1050. The molecule has 2 aromatic carbocycles. The molecule has 28 heavy (non-hydrogen) atoms. The minimum Gasteiger partial charge on any atom is -0.338 e. The maximum atomic E-state index is 13.2. The third kappa shape index (κ3) is 4.18. The number of aromatic nitrogens is 1. The Morgan fingerprint density at radius 3 is 2.68 bits per heavy atom. The van der Waals surface area contributed by atoms with E-state index in [4.69, 9.17) is 4.98 Å². The number of aryl methyl sites for hydroxylation is 2. The molecular formula is C20H23N4O3S+. The molecule has 0 aliphatic carbocycles. The second-order valence-corrected chi connectivity index (χ2v) is 8.13. The minimum absolute atomic E-state index is 0.0974. The van der Waals surface area contributed by atoms with Gasteiger partial charge in [-0.2, -0.15) is 0 Å². The molecule has 1 N–H and O–H groups in total. The van der Waals surface area contributed by atoms with Gasteiger partial charge in [0.15, 0.2) is 5.13 Å². The van der Waals surface area contributed by atoms with Crippen LogP contribution in [-0.2, 0) is 0 Å². The Kier molecular flexibility index (Phi) is 5.71. The summed E-state index contributed by atoms with van der Waals surface area (Å²) in [4.78, 5) is 31.3. The molecule has 1 heterocycles. The number of rotatable bonds is 6. The van der Waals surface area contributed by atoms with Crippen LogP contribution in [0.1, 0.15) is 21.5 Å². The monoisotopic (exact) mass is 399 g/mol. The predicted molar refractivity (Wildman–Crippen MR) is 112 cm³/mol. The third-order valence-corrected chi connectivity index (χ3v) is 5.65. The molecule has 0 fully saturated rings. The average molecular weight is 399 g/mol. The van der Waals surface area contributed by atoms with E-state index in [1.807, 2.05) is 34.0 Å². The van der Waals surface area contributed by atoms with Gasteiger partial charge in [0.05, 0.1) is 42.3 Å². The second-order valence-electron chi connectivity index (χ2n) is 7.15. The number of anilines is 1. The first kappa shape index (κ1) is 19.9. The molecule has 7 nitrogen and oxygen atoms in total. The van der Waals surface area contributed by atoms with Crippen LogP contribution >= 0.6 is 11.3 Å². The molecule has 8 heteroatoms. The fourth-order valence-corrected chi connectivity index (χ4v) is 4.05. The fourth-order valence-electron chi connectivity index (χ4n) is 3.01. The number of nitro groups is 1. The summed E-state index contributed by atoms with van der Waals surface area (Å²) in [5.74, 6) is -0.279. The summed E-state index contributed by atoms with van der Waals surface area (Å²) in [7, 11) is 4.03. The number of likely N-dealkylation sites (N-methyl/N-ethyl adjacent to an activating group) is 1. The zero-order valence-electron chi connectivity index (χ0n) is 16.4. The van der Waals surface area contributed by atoms with E-state index in [9.17, 15) is 14.9 Å². The number of carbonyl (C=O) groups is 1. The Balaban J connectivity index is 2.04. The molecule has 3 aromatic rings. The van der Waals surface area contributed by atoms with Gasteiger partial charge >= 0.3 is 0 Å². The van der Waals surface area contributed by atoms with E-state index in [1.165, 1.54) is 34.4 Å². The van der Waals surface area contributed by atoms with Gasteiger partial charge in [0, 0.05) is 17.7 Å². The topological polar surface area (TPSA) is 80.8 Å². The van der Waals surface area contributed by atoms with Gasteiger partial charge in [-0.3, -0.25) is 19.8 Å². The number of amides is 1. The number of quaternary nitrogens is 1. The SMILES string of the molecule is Cc1cc(C)c2sc(N(CC[NH+](C)C)C(=O)c3cccc([N+](=O)[O-])c3)nc2c1. The molecule has 0 saturated carbocycles. The lowest BCUT2D eigenvalue weighted by atomic mass is 10.1. The quantitative estimate of drug-likeness (QED) is 0.510. The Morgan fingerprint density at radius 1 is 1.25 bits per heavy atom. The van der Waals surface area contributed by atoms with Gasteiger partial charge in [-0.15, -0.1) is 0 Å². The number of nitrogens with one attached hydrogen (secondary N) is 1. The average Bonchev–Trinajstić information content (AvgIpc) is 3.05. The highest BCUT2D eigenvalue weighted by Gasteiger charge is 2.24. The van der Waals surface area contributed by atoms with E-state index < -0.39 is 4.92 Å². The summed E-state index contributed by atoms with van der Waals surface area (Å²) in [5.41, 5.74) is 3.30. The molecule has 1 amide bonds. The summed E-state index contributed by atoms with van der Waals surface area (Å²) in [6.45, 7) is 5.26. The van der Waals surface area contributed by atoms with Crippen molar-refractivity contribution in [3.05, 3.63) is 63.2 Å². The first-order valence-electron chi connectivity index (χ1n) is 8.99. The smallest absolute Gasteiger partial charge is 0.270 e. The zero-order valence-corrected chi connectivity index (χ0v) is 17.2. The molecule has 1 aromatic heterocycles. The van der Waals surface area contributed by atoms with E-state index >= 15 is 0 Å². The normalized spacial score (nSPS) is 11.2. The molecule has 0 spiro atoms. The highest BCUT2D eigenvalue weighted by molar-refractivity contribution is 7.22. The number of fused-ring (bicyclic) bond motifs is 1. The van der Waals surface area contributed by atoms with Crippen LogP contribution in [-0.4, -0.2) is 43.0 Å². The van der Waals surface area contributed by atoms with Crippen molar-refractivity contribution in [1.29, 1.82) is 0 Å². The summed E-state index contributed by atoms with van der Waals surface area (Å²) in [5, 5.41) is 11.7. The van der Waals surface area contributed by atoms with Gasteiger partial charge in [0.25, 0.3) is 11.6 Å². The Labute approximate surface area is 167 Å². The van der Waals surface area contributed by atoms with E-state index in [1.54, 1.807) is 11.0 Å². The summed E-state index contributed by atoms with van der Waals surface area (Å²) in [6, 6.07) is 9.95. The van der Waals surface area contributed by atoms with Crippen molar-refractivity contribution in [1.82, 2.24) is 4.98 Å². The number of carbonyl (C=O) groups excluding carboxylic acids is 1. The molecule has 146 valence electrons. The molecular weight excluding hydrogens is 376 g/mol. The molecule has 0 radical (unpaired) electrons. The Hall–Kier alpha value is -2.84. The molecule has 0 saturated heterocycles. The van der Waals surface area contributed by atoms with Crippen LogP contribution < -0.4 is 9.80 Å². The number of nitrogens with zero attached hydrogens (tertiary/aromatic N) is 3. The third-order valence-electron chi connectivity index (χ3n) is 4.42. The van der Waals surface area contributed by atoms with Crippen LogP contribution in [0.25, 0.3) is 10.2 Å². The van der Waals surface area contributed by atoms with E-state index in [0.717, 1.165) is 27.9 Å². The van der Waals surface area contributed by atoms with Gasteiger partial charge in [0.2, 0.25) is 0 Å². The number of hydrogen-bond acceptors (Lipinski definition) is 5. The van der Waals surface area contributed by atoms with Gasteiger partial charge in [-0.1, -0.05) is 23.5 Å². The predicted octanol–water partition coefficient (Wildman–Crippen LogP) is 2.61. The number of non-ortho nitro benzene ring substituents is 1. The largest absolute Gasteiger partial charge is 0.338 e. The number of benzene rings is 2. The van der Waals surface area contributed by atoms with Crippen LogP contribution in [0.3, 0.4) is 0 Å². The molecule has 0 aliphatic rings. The van der Waals surface area contributed by atoms with Crippen LogP contribution in [0.5, 0.6) is 0 Å². The number of nitro benzene ring substituents is 1. The Morgan fingerprint density at radius 2 is 2.00 bits per heavy atom. The first-order valence-corrected chi connectivity index (χ1v) is 9.81. The lowest BCUT2D eigenvalue weighted by molar-refractivity contribution is -0.856. The van der Waals surface area contributed by atoms with E-state index in [-0.39, 0.29) is 17.2 Å². The van der Waals surface area contributed by atoms with Crippen LogP contribution in [0, 0.1) is 24.0 Å². The van der Waals surface area contributed by atoms with Crippen molar-refractivity contribution in [2.75, 3.05) is 32.1 Å². The summed E-state index contributed by atoms with van der Waals surface area (Å²) < 4.78 is 1.05. The minimum atomic E-state index is -0.491. The summed E-state index contributed by atoms with van der Waals surface area (Å²) >= 11 is 1.48. The van der Waals surface area contributed by atoms with Crippen molar-refractivity contribution in [3.63, 3.8) is 0 Å². The molecule has 0 aliphatic heterocycles. The van der Waals surface area contributed by atoms with Crippen molar-refractivity contribution >= 4 is 38.3 Å². The molecule has 0 bridgehead atoms. The molecule has 3 rings (SSSR count). The van der Waals surface area contributed by atoms with Crippen molar-refractivity contribution in [2.24, 2.45) is 0 Å². The lowest BCUT2D eigenvalue weighted by Gasteiger charge is -2.20. The van der Waals surface area contributed by atoms with E-state index in [0.29, 0.717) is 11.7 Å². The van der Waals surface area contributed by atoms with Crippen LogP contribution in [0.15, 0.2) is 36.4 Å². The van der Waals surface area contributed by atoms with Crippen molar-refractivity contribution in [2.45, 2.75) is 13.8 Å². The second kappa shape index (κ2) is 8.04. The van der Waals surface area contributed by atoms with Gasteiger partial charge in [0.1, 0.15) is 0 Å². The highest BCUT2D eigenvalue weighted by atomic mass is 32.1. The fraction of sp³-hybridized carbons (Fsp3) is 0.300. The molecule has 0 unspecified atom stereocenters. The lowest BCUT2D eigenvalue weighted by Crippen LogP contribution is -3.06. The van der Waals surface area contributed by atoms with Crippen molar-refractivity contribution in [3.8, 4) is 0 Å². The zero-order chi connectivity index (χ0) is 20.4. The van der Waals surface area contributed by atoms with Gasteiger partial charge < -0.3 is 4.90 Å². The van der Waals surface area contributed by atoms with E-state index in [2.05, 4.69) is 6.07 Å². The highest BCUT2D eigenvalue weighted by Crippen LogP contribution is 2.32. The van der Waals surface area contributed by atoms with Crippen LogP contribution in [0.4, 0.5) is 10.8 Å². The number of hydrogen-bond donors (Lipinski definition) is 1. The maximum absolute atomic E-state index is 13.2. The first-order chi connectivity index (χ1) is 13.3. The standard InChI is InChI=1S/C20H22N4O3S/c1-13-10-14(2)18-17(11-13)21-20(28-18)23(9-8-22(3)4)19(25)15-6-5-7-16(12-15)24(26)27/h5-7,10-12H,8-9H2,1-4H3/p+1. The van der Waals surface area contributed by atoms with Crippen LogP contribution in [0.2, 0.25) is 0 Å². The summed E-state index contributed by atoms with van der Waals surface area (Å²) in [6.07, 6.45) is 0. The van der Waals surface area contributed by atoms with Gasteiger partial charge in [-0.25, -0.2) is 4.98 Å². The molecule has 0 atom stereocenters.